The van der Waals surface area contributed by atoms with E-state index in [0.717, 1.165) is 19.3 Å². The van der Waals surface area contributed by atoms with Gasteiger partial charge in [0.1, 0.15) is 11.6 Å². The van der Waals surface area contributed by atoms with Crippen molar-refractivity contribution in [1.82, 2.24) is 10.2 Å². The first-order chi connectivity index (χ1) is 13.9. The Hall–Kier alpha value is -1.19. The molecular weight excluding hydrogens is 444 g/mol. The average Bonchev–Trinajstić information content (AvgIpc) is 3.27. The van der Waals surface area contributed by atoms with Gasteiger partial charge in [0.2, 0.25) is 11.8 Å². The summed E-state index contributed by atoms with van der Waals surface area (Å²) in [7, 11) is 0. The standard InChI is InChI=1S/C20H31BrN2O6/c1-3-5-6-8-22-17(25)16-20-11-12(21)15(29-20)13(19(27)28-4-2)14(20)18(26)23(16)9-7-10-24/h12-16,24H,3-11H2,1-2H3,(H,22,25)/t12?,13-,14-,15-,16?,20?/m0/s1. The number of halogens is 1. The lowest BCUT2D eigenvalue weighted by atomic mass is 9.70. The summed E-state index contributed by atoms with van der Waals surface area (Å²) in [6.07, 6.45) is 3.28. The highest BCUT2D eigenvalue weighted by molar-refractivity contribution is 9.09. The van der Waals surface area contributed by atoms with E-state index in [1.807, 2.05) is 0 Å². The largest absolute Gasteiger partial charge is 0.466 e. The van der Waals surface area contributed by atoms with Crippen LogP contribution in [-0.2, 0) is 23.9 Å². The molecule has 2 bridgehead atoms. The van der Waals surface area contributed by atoms with Crippen molar-refractivity contribution in [2.24, 2.45) is 11.8 Å². The number of ether oxygens (including phenoxy) is 2. The second kappa shape index (κ2) is 9.31. The number of fused-ring (bicyclic) bond motifs is 1. The van der Waals surface area contributed by atoms with Crippen LogP contribution in [0, 0.1) is 11.8 Å². The summed E-state index contributed by atoms with van der Waals surface area (Å²) in [6.45, 7) is 4.74. The molecule has 0 radical (unpaired) electrons. The molecule has 2 amide bonds. The maximum absolute atomic E-state index is 13.4. The number of carbonyl (C=O) groups excluding carboxylic acids is 3. The summed E-state index contributed by atoms with van der Waals surface area (Å²) >= 11 is 3.59. The number of carbonyl (C=O) groups is 3. The van der Waals surface area contributed by atoms with Crippen LogP contribution in [0.1, 0.15) is 46.0 Å². The first kappa shape index (κ1) is 22.5. The van der Waals surface area contributed by atoms with Gasteiger partial charge in [0.15, 0.2) is 0 Å². The fourth-order valence-corrected chi connectivity index (χ4v) is 6.05. The van der Waals surface area contributed by atoms with Gasteiger partial charge in [0, 0.05) is 24.5 Å². The molecule has 0 aromatic heterocycles. The van der Waals surface area contributed by atoms with Crippen LogP contribution in [0.5, 0.6) is 0 Å². The van der Waals surface area contributed by atoms with Gasteiger partial charge in [-0.05, 0) is 26.2 Å². The van der Waals surface area contributed by atoms with Crippen molar-refractivity contribution in [3.8, 4) is 0 Å². The van der Waals surface area contributed by atoms with Gasteiger partial charge in [-0.15, -0.1) is 0 Å². The predicted octanol–water partition coefficient (Wildman–Crippen LogP) is 0.986. The fraction of sp³-hybridized carbons (Fsp3) is 0.850. The van der Waals surface area contributed by atoms with E-state index in [4.69, 9.17) is 9.47 Å². The second-order valence-electron chi connectivity index (χ2n) is 8.02. The van der Waals surface area contributed by atoms with Crippen LogP contribution in [0.15, 0.2) is 0 Å². The highest BCUT2D eigenvalue weighted by Gasteiger charge is 2.76. The molecule has 3 aliphatic rings. The zero-order valence-electron chi connectivity index (χ0n) is 17.1. The maximum Gasteiger partial charge on any atom is 0.312 e. The summed E-state index contributed by atoms with van der Waals surface area (Å²) in [6, 6.07) is -0.808. The molecule has 0 aliphatic carbocycles. The summed E-state index contributed by atoms with van der Waals surface area (Å²) in [4.78, 5) is 40.6. The molecule has 3 unspecified atom stereocenters. The van der Waals surface area contributed by atoms with E-state index in [1.165, 1.54) is 4.90 Å². The van der Waals surface area contributed by atoms with Gasteiger partial charge in [0.05, 0.1) is 24.5 Å². The van der Waals surface area contributed by atoms with Gasteiger partial charge in [0.25, 0.3) is 0 Å². The van der Waals surface area contributed by atoms with Crippen molar-refractivity contribution in [3.05, 3.63) is 0 Å². The average molecular weight is 475 g/mol. The van der Waals surface area contributed by atoms with Gasteiger partial charge < -0.3 is 24.8 Å². The Morgan fingerprint density at radius 1 is 1.34 bits per heavy atom. The topological polar surface area (TPSA) is 105 Å². The lowest BCUT2D eigenvalue weighted by Gasteiger charge is -2.34. The number of hydrogen-bond donors (Lipinski definition) is 2. The minimum atomic E-state index is -1.04. The normalized spacial score (nSPS) is 35.1. The molecule has 29 heavy (non-hydrogen) atoms. The molecule has 8 nitrogen and oxygen atoms in total. The minimum Gasteiger partial charge on any atom is -0.466 e. The van der Waals surface area contributed by atoms with Crippen LogP contribution in [0.3, 0.4) is 0 Å². The van der Waals surface area contributed by atoms with Crippen molar-refractivity contribution < 1.29 is 29.0 Å². The molecule has 0 aromatic carbocycles. The second-order valence-corrected chi connectivity index (χ2v) is 9.20. The Kier molecular flexibility index (Phi) is 7.22. The van der Waals surface area contributed by atoms with E-state index < -0.39 is 35.6 Å². The first-order valence-electron chi connectivity index (χ1n) is 10.6. The number of rotatable bonds is 10. The molecule has 3 heterocycles. The third-order valence-corrected chi connectivity index (χ3v) is 7.08. The van der Waals surface area contributed by atoms with Gasteiger partial charge in [-0.3, -0.25) is 14.4 Å². The lowest BCUT2D eigenvalue weighted by molar-refractivity contribution is -0.154. The number of alkyl halides is 1. The van der Waals surface area contributed by atoms with Crippen LogP contribution in [0.2, 0.25) is 0 Å². The van der Waals surface area contributed by atoms with E-state index in [1.54, 1.807) is 6.92 Å². The molecule has 9 heteroatoms. The molecule has 2 N–H and O–H groups in total. The Bertz CT molecular complexity index is 646. The van der Waals surface area contributed by atoms with Crippen molar-refractivity contribution >= 4 is 33.7 Å². The molecule has 3 fully saturated rings. The quantitative estimate of drug-likeness (QED) is 0.277. The molecule has 3 rings (SSSR count). The molecule has 6 atom stereocenters. The number of unbranched alkanes of at least 4 members (excludes halogenated alkanes) is 2. The van der Waals surface area contributed by atoms with E-state index in [-0.39, 0.29) is 36.4 Å². The predicted molar refractivity (Wildman–Crippen MR) is 108 cm³/mol. The molecule has 0 aromatic rings. The van der Waals surface area contributed by atoms with Crippen molar-refractivity contribution in [1.29, 1.82) is 0 Å². The first-order valence-corrected chi connectivity index (χ1v) is 11.5. The Morgan fingerprint density at radius 3 is 2.76 bits per heavy atom. The van der Waals surface area contributed by atoms with Crippen LogP contribution in [0.25, 0.3) is 0 Å². The van der Waals surface area contributed by atoms with E-state index in [9.17, 15) is 19.5 Å². The molecule has 164 valence electrons. The van der Waals surface area contributed by atoms with Gasteiger partial charge >= 0.3 is 5.97 Å². The fourth-order valence-electron chi connectivity index (χ4n) is 5.10. The van der Waals surface area contributed by atoms with E-state index >= 15 is 0 Å². The van der Waals surface area contributed by atoms with Crippen LogP contribution in [-0.4, -0.2) is 76.7 Å². The van der Waals surface area contributed by atoms with E-state index in [2.05, 4.69) is 28.2 Å². The number of aliphatic hydroxyl groups excluding tert-OH is 1. The highest BCUT2D eigenvalue weighted by Crippen LogP contribution is 2.60. The van der Waals surface area contributed by atoms with Gasteiger partial charge in [-0.1, -0.05) is 35.7 Å². The monoisotopic (exact) mass is 474 g/mol. The molecule has 3 saturated heterocycles. The lowest BCUT2D eigenvalue weighted by Crippen LogP contribution is -2.56. The third kappa shape index (κ3) is 3.81. The number of nitrogens with zero attached hydrogens (tertiary/aromatic N) is 1. The third-order valence-electron chi connectivity index (χ3n) is 6.23. The number of hydrogen-bond acceptors (Lipinski definition) is 6. The summed E-state index contributed by atoms with van der Waals surface area (Å²) in [5, 5.41) is 12.2. The maximum atomic E-state index is 13.4. The summed E-state index contributed by atoms with van der Waals surface area (Å²) in [5.41, 5.74) is -1.04. The molecular formula is C20H31BrN2O6. The highest BCUT2D eigenvalue weighted by atomic mass is 79.9. The van der Waals surface area contributed by atoms with Crippen molar-refractivity contribution in [2.75, 3.05) is 26.3 Å². The number of likely N-dealkylation sites (tertiary alicyclic amines) is 1. The van der Waals surface area contributed by atoms with Gasteiger partial charge in [-0.2, -0.15) is 0 Å². The minimum absolute atomic E-state index is 0.0852. The summed E-state index contributed by atoms with van der Waals surface area (Å²) in [5.74, 6) is -2.42. The Labute approximate surface area is 179 Å². The number of nitrogens with one attached hydrogen (secondary N) is 1. The smallest absolute Gasteiger partial charge is 0.312 e. The molecule has 3 aliphatic heterocycles. The SMILES string of the molecule is CCCCCNC(=O)C1N(CCCO)C(=O)[C@@H]2[C@H](C(=O)OCC)[C@H]3OC12CC3Br. The summed E-state index contributed by atoms with van der Waals surface area (Å²) < 4.78 is 11.5. The number of amides is 2. The number of aliphatic hydroxyl groups is 1. The van der Waals surface area contributed by atoms with E-state index in [0.29, 0.717) is 19.4 Å². The van der Waals surface area contributed by atoms with Crippen molar-refractivity contribution in [3.63, 3.8) is 0 Å². The molecule has 1 spiro atoms. The van der Waals surface area contributed by atoms with Crippen LogP contribution < -0.4 is 5.32 Å². The van der Waals surface area contributed by atoms with Crippen LogP contribution >= 0.6 is 15.9 Å². The number of esters is 1. The molecule has 0 saturated carbocycles. The Morgan fingerprint density at radius 2 is 2.10 bits per heavy atom. The van der Waals surface area contributed by atoms with Crippen molar-refractivity contribution in [2.45, 2.75) is 68.5 Å². The Balaban J connectivity index is 1.90. The zero-order chi connectivity index (χ0) is 21.2. The zero-order valence-corrected chi connectivity index (χ0v) is 18.7. The van der Waals surface area contributed by atoms with Crippen LogP contribution in [0.4, 0.5) is 0 Å². The van der Waals surface area contributed by atoms with Gasteiger partial charge in [-0.25, -0.2) is 0 Å².